The van der Waals surface area contributed by atoms with Gasteiger partial charge in [0, 0.05) is 13.5 Å². The molecule has 0 bridgehead atoms. The fourth-order valence-corrected chi connectivity index (χ4v) is 2.87. The number of rotatable bonds is 5. The molecule has 0 atom stereocenters. The third-order valence-electron chi connectivity index (χ3n) is 3.52. The van der Waals surface area contributed by atoms with Crippen molar-refractivity contribution in [2.24, 2.45) is 0 Å². The highest BCUT2D eigenvalue weighted by atomic mass is 127. The van der Waals surface area contributed by atoms with E-state index in [1.165, 1.54) is 3.57 Å². The van der Waals surface area contributed by atoms with Crippen molar-refractivity contribution in [3.05, 3.63) is 67.7 Å². The van der Waals surface area contributed by atoms with E-state index in [-0.39, 0.29) is 13.2 Å². The van der Waals surface area contributed by atoms with Gasteiger partial charge in [0.15, 0.2) is 0 Å². The van der Waals surface area contributed by atoms with Crippen LogP contribution < -0.4 is 0 Å². The predicted octanol–water partition coefficient (Wildman–Crippen LogP) is 3.52. The monoisotopic (exact) mass is 446 g/mol. The summed E-state index contributed by atoms with van der Waals surface area (Å²) in [5.41, 5.74) is 1.41. The predicted molar refractivity (Wildman–Crippen MR) is 92.9 cm³/mol. The first kappa shape index (κ1) is 15.9. The van der Waals surface area contributed by atoms with Gasteiger partial charge in [0.05, 0.1) is 13.2 Å². The molecule has 2 rings (SSSR count). The number of benzene rings is 2. The fourth-order valence-electron chi connectivity index (χ4n) is 2.24. The van der Waals surface area contributed by atoms with Gasteiger partial charge < -0.3 is 10.2 Å². The van der Waals surface area contributed by atoms with Gasteiger partial charge in [-0.05, 0) is 64.4 Å². The van der Waals surface area contributed by atoms with E-state index in [1.807, 2.05) is 48.5 Å². The Morgan fingerprint density at radius 2 is 1.45 bits per heavy atom. The maximum atomic E-state index is 9.84. The van der Waals surface area contributed by atoms with Crippen molar-refractivity contribution in [3.63, 3.8) is 0 Å². The Morgan fingerprint density at radius 1 is 0.900 bits per heavy atom. The first-order valence-electron chi connectivity index (χ1n) is 6.32. The molecule has 0 spiro atoms. The summed E-state index contributed by atoms with van der Waals surface area (Å²) in [6, 6.07) is 15.9. The summed E-state index contributed by atoms with van der Waals surface area (Å²) in [5.74, 6) is 0. The fraction of sp³-hybridized carbons (Fsp3) is 0.250. The molecule has 4 heteroatoms. The lowest BCUT2D eigenvalue weighted by Crippen LogP contribution is -2.37. The van der Waals surface area contributed by atoms with Crippen molar-refractivity contribution < 1.29 is 10.2 Å². The van der Waals surface area contributed by atoms with Crippen molar-refractivity contribution in [3.8, 4) is 0 Å². The molecule has 0 heterocycles. The summed E-state index contributed by atoms with van der Waals surface area (Å²) in [4.78, 5) is 0. The van der Waals surface area contributed by atoms with Gasteiger partial charge >= 0.3 is 0 Å². The molecule has 20 heavy (non-hydrogen) atoms. The third-order valence-corrected chi connectivity index (χ3v) is 4.77. The Labute approximate surface area is 141 Å². The quantitative estimate of drug-likeness (QED) is 0.690. The van der Waals surface area contributed by atoms with Gasteiger partial charge in [-0.3, -0.25) is 0 Å². The molecule has 0 radical (unpaired) electrons. The van der Waals surface area contributed by atoms with Crippen LogP contribution in [0.5, 0.6) is 0 Å². The molecule has 0 saturated carbocycles. The maximum absolute atomic E-state index is 9.84. The average molecular weight is 447 g/mol. The molecule has 0 unspecified atom stereocenters. The summed E-state index contributed by atoms with van der Waals surface area (Å²) in [7, 11) is 0. The molecular formula is C16H16BrIO2. The first-order valence-corrected chi connectivity index (χ1v) is 8.19. The lowest BCUT2D eigenvalue weighted by atomic mass is 9.77. The van der Waals surface area contributed by atoms with Crippen LogP contribution in [0, 0.1) is 3.57 Å². The van der Waals surface area contributed by atoms with Crippen LogP contribution >= 0.6 is 38.5 Å². The van der Waals surface area contributed by atoms with E-state index in [2.05, 4.69) is 38.5 Å². The molecule has 0 aliphatic rings. The Kier molecular flexibility index (Phi) is 5.60. The van der Waals surface area contributed by atoms with Crippen LogP contribution in [-0.4, -0.2) is 23.4 Å². The van der Waals surface area contributed by atoms with E-state index in [4.69, 9.17) is 0 Å². The molecule has 0 fully saturated rings. The lowest BCUT2D eigenvalue weighted by Gasteiger charge is -2.30. The highest BCUT2D eigenvalue weighted by Crippen LogP contribution is 2.29. The number of halogens is 2. The van der Waals surface area contributed by atoms with E-state index in [1.54, 1.807) is 0 Å². The van der Waals surface area contributed by atoms with Crippen molar-refractivity contribution in [1.29, 1.82) is 0 Å². The summed E-state index contributed by atoms with van der Waals surface area (Å²) in [6.07, 6.45) is 0.610. The molecule has 0 aliphatic heterocycles. The molecule has 0 aromatic heterocycles. The van der Waals surface area contributed by atoms with Crippen LogP contribution in [0.2, 0.25) is 0 Å². The van der Waals surface area contributed by atoms with Crippen molar-refractivity contribution >= 4 is 38.5 Å². The molecule has 0 amide bonds. The molecule has 2 nitrogen and oxygen atoms in total. The van der Waals surface area contributed by atoms with Crippen molar-refractivity contribution in [1.82, 2.24) is 0 Å². The SMILES string of the molecule is OCC(CO)(Cc1ccc(I)cc1)c1ccc(Br)cc1. The van der Waals surface area contributed by atoms with Gasteiger partial charge in [-0.15, -0.1) is 0 Å². The van der Waals surface area contributed by atoms with E-state index >= 15 is 0 Å². The van der Waals surface area contributed by atoms with Gasteiger partial charge in [0.1, 0.15) is 0 Å². The van der Waals surface area contributed by atoms with E-state index in [9.17, 15) is 10.2 Å². The normalized spacial score (nSPS) is 11.6. The third kappa shape index (κ3) is 3.61. The van der Waals surface area contributed by atoms with E-state index in [0.29, 0.717) is 6.42 Å². The van der Waals surface area contributed by atoms with Gasteiger partial charge in [0.2, 0.25) is 0 Å². The minimum atomic E-state index is -0.645. The van der Waals surface area contributed by atoms with E-state index < -0.39 is 5.41 Å². The second-order valence-electron chi connectivity index (χ2n) is 4.91. The maximum Gasteiger partial charge on any atom is 0.0553 e. The van der Waals surface area contributed by atoms with Crippen LogP contribution in [-0.2, 0) is 11.8 Å². The van der Waals surface area contributed by atoms with Crippen LogP contribution in [0.1, 0.15) is 11.1 Å². The summed E-state index contributed by atoms with van der Waals surface area (Å²) in [6.45, 7) is -0.172. The van der Waals surface area contributed by atoms with Crippen molar-refractivity contribution in [2.45, 2.75) is 11.8 Å². The highest BCUT2D eigenvalue weighted by molar-refractivity contribution is 14.1. The first-order chi connectivity index (χ1) is 9.59. The zero-order chi connectivity index (χ0) is 14.6. The van der Waals surface area contributed by atoms with Gasteiger partial charge in [-0.25, -0.2) is 0 Å². The summed E-state index contributed by atoms with van der Waals surface area (Å²) in [5, 5.41) is 19.7. The smallest absolute Gasteiger partial charge is 0.0553 e. The number of hydrogen-bond acceptors (Lipinski definition) is 2. The molecule has 0 aliphatic carbocycles. The van der Waals surface area contributed by atoms with Crippen LogP contribution in [0.15, 0.2) is 53.0 Å². The number of hydrogen-bond donors (Lipinski definition) is 2. The molecule has 0 saturated heterocycles. The van der Waals surface area contributed by atoms with Gasteiger partial charge in [-0.2, -0.15) is 0 Å². The van der Waals surface area contributed by atoms with Gasteiger partial charge in [0.25, 0.3) is 0 Å². The molecular weight excluding hydrogens is 431 g/mol. The number of aliphatic hydroxyl groups is 2. The topological polar surface area (TPSA) is 40.5 Å². The lowest BCUT2D eigenvalue weighted by molar-refractivity contribution is 0.116. The Bertz CT molecular complexity index is 548. The standard InChI is InChI=1S/C16H16BrIO2/c17-14-5-3-13(4-6-14)16(10-19,11-20)9-12-1-7-15(18)8-2-12/h1-8,19-20H,9-11H2. The largest absolute Gasteiger partial charge is 0.395 e. The van der Waals surface area contributed by atoms with Crippen LogP contribution in [0.4, 0.5) is 0 Å². The summed E-state index contributed by atoms with van der Waals surface area (Å²) < 4.78 is 2.16. The minimum Gasteiger partial charge on any atom is -0.395 e. The summed E-state index contributed by atoms with van der Waals surface area (Å²) >= 11 is 5.67. The Balaban J connectivity index is 2.33. The van der Waals surface area contributed by atoms with Gasteiger partial charge in [-0.1, -0.05) is 40.2 Å². The second kappa shape index (κ2) is 7.02. The average Bonchev–Trinajstić information content (AvgIpc) is 2.48. The minimum absolute atomic E-state index is 0.0862. The zero-order valence-electron chi connectivity index (χ0n) is 10.9. The van der Waals surface area contributed by atoms with Crippen LogP contribution in [0.25, 0.3) is 0 Å². The molecule has 2 aromatic carbocycles. The molecule has 2 N–H and O–H groups in total. The van der Waals surface area contributed by atoms with Crippen molar-refractivity contribution in [2.75, 3.05) is 13.2 Å². The number of aliphatic hydroxyl groups excluding tert-OH is 2. The Hall–Kier alpha value is -0.430. The van der Waals surface area contributed by atoms with E-state index in [0.717, 1.165) is 15.6 Å². The molecule has 106 valence electrons. The molecule has 2 aromatic rings. The second-order valence-corrected chi connectivity index (χ2v) is 7.07. The highest BCUT2D eigenvalue weighted by Gasteiger charge is 2.31. The zero-order valence-corrected chi connectivity index (χ0v) is 14.6. The van der Waals surface area contributed by atoms with Crippen LogP contribution in [0.3, 0.4) is 0 Å². The Morgan fingerprint density at radius 3 is 1.95 bits per heavy atom.